The smallest absolute Gasteiger partial charge is 0.230 e. The first-order valence-electron chi connectivity index (χ1n) is 7.09. The summed E-state index contributed by atoms with van der Waals surface area (Å²) in [4.78, 5) is 18.5. The van der Waals surface area contributed by atoms with Gasteiger partial charge in [-0.25, -0.2) is 0 Å². The van der Waals surface area contributed by atoms with Crippen LogP contribution < -0.4 is 4.90 Å². The molecule has 4 nitrogen and oxygen atoms in total. The van der Waals surface area contributed by atoms with Crippen LogP contribution in [-0.4, -0.2) is 30.1 Å². The van der Waals surface area contributed by atoms with Crippen molar-refractivity contribution in [2.75, 3.05) is 18.1 Å². The molecular formula is C15H22N2O2. The molecule has 2 rings (SSSR count). The van der Waals surface area contributed by atoms with E-state index in [1.165, 1.54) is 0 Å². The van der Waals surface area contributed by atoms with E-state index in [1.807, 2.05) is 24.0 Å². The molecule has 4 heteroatoms. The second kappa shape index (κ2) is 6.66. The lowest BCUT2D eigenvalue weighted by molar-refractivity contribution is -0.127. The third kappa shape index (κ3) is 3.32. The summed E-state index contributed by atoms with van der Waals surface area (Å²) in [5.41, 5.74) is 0.932. The van der Waals surface area contributed by atoms with Crippen LogP contribution in [0.4, 0.5) is 5.69 Å². The van der Waals surface area contributed by atoms with Crippen molar-refractivity contribution in [2.24, 2.45) is 5.92 Å². The molecule has 1 aliphatic heterocycles. The Morgan fingerprint density at radius 2 is 2.16 bits per heavy atom. The van der Waals surface area contributed by atoms with Crippen LogP contribution in [0.3, 0.4) is 0 Å². The Bertz CT molecular complexity index is 408. The highest BCUT2D eigenvalue weighted by atomic mass is 16.5. The topological polar surface area (TPSA) is 42.4 Å². The number of anilines is 1. The zero-order valence-corrected chi connectivity index (χ0v) is 11.7. The summed E-state index contributed by atoms with van der Waals surface area (Å²) in [5, 5.41) is 0. The first-order chi connectivity index (χ1) is 9.26. The van der Waals surface area contributed by atoms with Gasteiger partial charge in [0, 0.05) is 37.2 Å². The molecule has 0 aliphatic carbocycles. The summed E-state index contributed by atoms with van der Waals surface area (Å²) < 4.78 is 5.65. The highest BCUT2D eigenvalue weighted by molar-refractivity contribution is 5.94. The largest absolute Gasteiger partial charge is 0.378 e. The fourth-order valence-electron chi connectivity index (χ4n) is 2.60. The number of carbonyl (C=O) groups excluding carboxylic acids is 1. The molecule has 0 saturated carbocycles. The maximum atomic E-state index is 12.6. The summed E-state index contributed by atoms with van der Waals surface area (Å²) in [7, 11) is 0. The van der Waals surface area contributed by atoms with Crippen LogP contribution in [-0.2, 0) is 9.53 Å². The third-order valence-electron chi connectivity index (χ3n) is 3.73. The van der Waals surface area contributed by atoms with Gasteiger partial charge in [-0.05, 0) is 38.3 Å². The third-order valence-corrected chi connectivity index (χ3v) is 3.73. The van der Waals surface area contributed by atoms with E-state index in [1.54, 1.807) is 12.4 Å². The van der Waals surface area contributed by atoms with Gasteiger partial charge in [-0.15, -0.1) is 0 Å². The van der Waals surface area contributed by atoms with Crippen LogP contribution in [0.2, 0.25) is 0 Å². The molecule has 0 unspecified atom stereocenters. The van der Waals surface area contributed by atoms with Crippen molar-refractivity contribution in [3.63, 3.8) is 0 Å². The molecular weight excluding hydrogens is 240 g/mol. The van der Waals surface area contributed by atoms with Crippen molar-refractivity contribution in [3.05, 3.63) is 24.5 Å². The number of nitrogens with zero attached hydrogens (tertiary/aromatic N) is 2. The van der Waals surface area contributed by atoms with Gasteiger partial charge >= 0.3 is 0 Å². The van der Waals surface area contributed by atoms with Crippen molar-refractivity contribution in [2.45, 2.75) is 39.2 Å². The van der Waals surface area contributed by atoms with Crippen LogP contribution >= 0.6 is 0 Å². The summed E-state index contributed by atoms with van der Waals surface area (Å²) in [6.45, 7) is 5.51. The normalized spacial score (nSPS) is 23.1. The van der Waals surface area contributed by atoms with Crippen molar-refractivity contribution < 1.29 is 9.53 Å². The Kier molecular flexibility index (Phi) is 4.91. The number of hydrogen-bond donors (Lipinski definition) is 0. The predicted octanol–water partition coefficient (Wildman–Crippen LogP) is 2.64. The van der Waals surface area contributed by atoms with Crippen molar-refractivity contribution >= 4 is 11.6 Å². The van der Waals surface area contributed by atoms with E-state index >= 15 is 0 Å². The SMILES string of the molecule is CC[C@@H]1C[C@H](C(=O)N(CC)c2ccncc2)CCO1. The highest BCUT2D eigenvalue weighted by Gasteiger charge is 2.30. The molecule has 1 aromatic rings. The molecule has 1 aromatic heterocycles. The molecule has 1 fully saturated rings. The Balaban J connectivity index is 2.08. The maximum Gasteiger partial charge on any atom is 0.230 e. The van der Waals surface area contributed by atoms with E-state index < -0.39 is 0 Å². The zero-order chi connectivity index (χ0) is 13.7. The number of carbonyl (C=O) groups is 1. The molecule has 0 N–H and O–H groups in total. The molecule has 104 valence electrons. The van der Waals surface area contributed by atoms with Gasteiger partial charge in [0.15, 0.2) is 0 Å². The van der Waals surface area contributed by atoms with Gasteiger partial charge in [0.1, 0.15) is 0 Å². The van der Waals surface area contributed by atoms with Gasteiger partial charge in [-0.2, -0.15) is 0 Å². The average molecular weight is 262 g/mol. The van der Waals surface area contributed by atoms with E-state index in [2.05, 4.69) is 11.9 Å². The van der Waals surface area contributed by atoms with E-state index in [4.69, 9.17) is 4.74 Å². The summed E-state index contributed by atoms with van der Waals surface area (Å²) in [5.74, 6) is 0.308. The summed E-state index contributed by atoms with van der Waals surface area (Å²) in [6, 6.07) is 3.77. The van der Waals surface area contributed by atoms with Crippen LogP contribution in [0.15, 0.2) is 24.5 Å². The lowest BCUT2D eigenvalue weighted by Gasteiger charge is -2.32. The molecule has 0 radical (unpaired) electrons. The molecule has 2 heterocycles. The van der Waals surface area contributed by atoms with E-state index in [9.17, 15) is 4.79 Å². The predicted molar refractivity (Wildman–Crippen MR) is 75.0 cm³/mol. The zero-order valence-electron chi connectivity index (χ0n) is 11.7. The van der Waals surface area contributed by atoms with Crippen molar-refractivity contribution in [3.8, 4) is 0 Å². The molecule has 19 heavy (non-hydrogen) atoms. The number of rotatable bonds is 4. The molecule has 0 spiro atoms. The number of hydrogen-bond acceptors (Lipinski definition) is 3. The minimum atomic E-state index is 0.0896. The first-order valence-corrected chi connectivity index (χ1v) is 7.09. The summed E-state index contributed by atoms with van der Waals surface area (Å²) >= 11 is 0. The maximum absolute atomic E-state index is 12.6. The highest BCUT2D eigenvalue weighted by Crippen LogP contribution is 2.26. The number of aromatic nitrogens is 1. The first kappa shape index (κ1) is 14.0. The van der Waals surface area contributed by atoms with Gasteiger partial charge in [0.2, 0.25) is 5.91 Å². The number of amides is 1. The number of ether oxygens (including phenoxy) is 1. The number of pyridine rings is 1. The molecule has 1 saturated heterocycles. The fraction of sp³-hybridized carbons (Fsp3) is 0.600. The molecule has 1 aliphatic rings. The Hall–Kier alpha value is -1.42. The molecule has 2 atom stereocenters. The molecule has 0 bridgehead atoms. The van der Waals surface area contributed by atoms with Crippen LogP contribution in [0, 0.1) is 5.92 Å². The summed E-state index contributed by atoms with van der Waals surface area (Å²) in [6.07, 6.45) is 6.34. The van der Waals surface area contributed by atoms with Crippen molar-refractivity contribution in [1.82, 2.24) is 4.98 Å². The lowest BCUT2D eigenvalue weighted by Crippen LogP contribution is -2.40. The van der Waals surface area contributed by atoms with Crippen LogP contribution in [0.1, 0.15) is 33.1 Å². The monoisotopic (exact) mass is 262 g/mol. The van der Waals surface area contributed by atoms with Gasteiger partial charge < -0.3 is 9.64 Å². The van der Waals surface area contributed by atoms with Gasteiger partial charge in [0.05, 0.1) is 6.10 Å². The Morgan fingerprint density at radius 3 is 2.79 bits per heavy atom. The standard InChI is InChI=1S/C15H22N2O2/c1-3-14-11-12(7-10-19-14)15(18)17(4-2)13-5-8-16-9-6-13/h5-6,8-9,12,14H,3-4,7,10-11H2,1-2H3/t12-,14-/m1/s1. The van der Waals surface area contributed by atoms with Gasteiger partial charge in [-0.1, -0.05) is 6.92 Å². The van der Waals surface area contributed by atoms with Crippen LogP contribution in [0.5, 0.6) is 0 Å². The van der Waals surface area contributed by atoms with Gasteiger partial charge in [0.25, 0.3) is 0 Å². The van der Waals surface area contributed by atoms with E-state index in [0.717, 1.165) is 24.9 Å². The van der Waals surface area contributed by atoms with E-state index in [-0.39, 0.29) is 17.9 Å². The van der Waals surface area contributed by atoms with Crippen LogP contribution in [0.25, 0.3) is 0 Å². The van der Waals surface area contributed by atoms with Crippen molar-refractivity contribution in [1.29, 1.82) is 0 Å². The quantitative estimate of drug-likeness (QED) is 0.837. The Morgan fingerprint density at radius 1 is 1.42 bits per heavy atom. The minimum absolute atomic E-state index is 0.0896. The fourth-order valence-corrected chi connectivity index (χ4v) is 2.60. The molecule has 0 aromatic carbocycles. The average Bonchev–Trinajstić information content (AvgIpc) is 2.49. The second-order valence-corrected chi connectivity index (χ2v) is 4.91. The van der Waals surface area contributed by atoms with Gasteiger partial charge in [-0.3, -0.25) is 9.78 Å². The van der Waals surface area contributed by atoms with E-state index in [0.29, 0.717) is 13.2 Å². The molecule has 1 amide bonds. The second-order valence-electron chi connectivity index (χ2n) is 4.91. The Labute approximate surface area is 114 Å². The lowest BCUT2D eigenvalue weighted by atomic mass is 9.93. The minimum Gasteiger partial charge on any atom is -0.378 e.